The normalized spacial score (nSPS) is 11.6. The molecule has 1 aromatic heterocycles. The number of ether oxygens (including phenoxy) is 1. The number of halogens is 5. The molecule has 1 aromatic rings. The predicted molar refractivity (Wildman–Crippen MR) is 61.0 cm³/mol. The molecule has 2 nitrogen and oxygen atoms in total. The van der Waals surface area contributed by atoms with Crippen LogP contribution in [0.15, 0.2) is 6.20 Å². The smallest absolute Gasteiger partial charge is 0.404 e. The minimum Gasteiger partial charge on any atom is -0.404 e. The highest BCUT2D eigenvalue weighted by atomic mass is 127. The minimum absolute atomic E-state index is 0.253. The Morgan fingerprint density at radius 2 is 2.13 bits per heavy atom. The first kappa shape index (κ1) is 13.0. The highest BCUT2D eigenvalue weighted by molar-refractivity contribution is 14.1. The Kier molecular flexibility index (Phi) is 4.21. The Morgan fingerprint density at radius 3 is 2.60 bits per heavy atom. The Labute approximate surface area is 106 Å². The van der Waals surface area contributed by atoms with Gasteiger partial charge in [0.15, 0.2) is 5.75 Å². The number of pyridine rings is 1. The van der Waals surface area contributed by atoms with Crippen molar-refractivity contribution in [2.45, 2.75) is 18.6 Å². The van der Waals surface area contributed by atoms with Gasteiger partial charge in [-0.3, -0.25) is 0 Å². The lowest BCUT2D eigenvalue weighted by atomic mass is 10.2. The fourth-order valence-electron chi connectivity index (χ4n) is 0.978. The van der Waals surface area contributed by atoms with Gasteiger partial charge in [-0.15, -0.1) is 13.2 Å². The van der Waals surface area contributed by atoms with Gasteiger partial charge in [-0.05, 0) is 35.1 Å². The largest absolute Gasteiger partial charge is 0.573 e. The van der Waals surface area contributed by atoms with E-state index in [-0.39, 0.29) is 5.75 Å². The molecule has 1 rings (SSSR count). The van der Waals surface area contributed by atoms with Crippen LogP contribution in [-0.4, -0.2) is 11.3 Å². The summed E-state index contributed by atoms with van der Waals surface area (Å²) < 4.78 is 40.6. The molecular formula is C8H6BrF3INO. The molecule has 0 atom stereocenters. The Bertz CT molecular complexity index is 370. The summed E-state index contributed by atoms with van der Waals surface area (Å²) in [7, 11) is 0. The average molecular weight is 396 g/mol. The first-order valence-corrected chi connectivity index (χ1v) is 6.01. The highest BCUT2D eigenvalue weighted by Gasteiger charge is 2.32. The van der Waals surface area contributed by atoms with Crippen molar-refractivity contribution >= 4 is 38.5 Å². The van der Waals surface area contributed by atoms with Crippen LogP contribution in [-0.2, 0) is 5.33 Å². The highest BCUT2D eigenvalue weighted by Crippen LogP contribution is 2.30. The Morgan fingerprint density at radius 1 is 1.53 bits per heavy atom. The lowest BCUT2D eigenvalue weighted by molar-refractivity contribution is -0.275. The van der Waals surface area contributed by atoms with E-state index < -0.39 is 6.36 Å². The Hall–Kier alpha value is -0.0500. The predicted octanol–water partition coefficient (Wildman–Crippen LogP) is 3.79. The maximum Gasteiger partial charge on any atom is 0.573 e. The summed E-state index contributed by atoms with van der Waals surface area (Å²) in [5, 5.41) is 0.294. The van der Waals surface area contributed by atoms with Crippen LogP contribution in [0, 0.1) is 10.6 Å². The summed E-state index contributed by atoms with van der Waals surface area (Å²) in [6.45, 7) is 1.70. The molecule has 0 aliphatic rings. The molecule has 0 fully saturated rings. The molecule has 0 saturated heterocycles. The standard InChI is InChI=1S/C8H6BrF3INO/c1-4-5(2-9)6(3-14-7(4)13)15-8(10,11)12/h3H,2H2,1H3. The van der Waals surface area contributed by atoms with Gasteiger partial charge in [0, 0.05) is 10.9 Å². The van der Waals surface area contributed by atoms with Crippen molar-refractivity contribution in [3.63, 3.8) is 0 Å². The number of nitrogens with zero attached hydrogens (tertiary/aromatic N) is 1. The molecule has 0 aliphatic carbocycles. The van der Waals surface area contributed by atoms with E-state index in [0.717, 1.165) is 6.20 Å². The zero-order valence-corrected chi connectivity index (χ0v) is 11.3. The molecule has 0 spiro atoms. The maximum absolute atomic E-state index is 12.0. The van der Waals surface area contributed by atoms with E-state index in [1.165, 1.54) is 0 Å². The fourth-order valence-corrected chi connectivity index (χ4v) is 2.14. The van der Waals surface area contributed by atoms with E-state index >= 15 is 0 Å². The van der Waals surface area contributed by atoms with E-state index in [1.54, 1.807) is 6.92 Å². The van der Waals surface area contributed by atoms with Gasteiger partial charge in [0.05, 0.1) is 6.20 Å². The summed E-state index contributed by atoms with van der Waals surface area (Å²) in [6.07, 6.45) is -3.60. The summed E-state index contributed by atoms with van der Waals surface area (Å²) >= 11 is 5.08. The number of alkyl halides is 4. The van der Waals surface area contributed by atoms with E-state index in [2.05, 4.69) is 25.7 Å². The number of rotatable bonds is 2. The molecule has 7 heteroatoms. The number of hydrogen-bond acceptors (Lipinski definition) is 2. The van der Waals surface area contributed by atoms with Crippen molar-refractivity contribution < 1.29 is 17.9 Å². The maximum atomic E-state index is 12.0. The molecule has 15 heavy (non-hydrogen) atoms. The third-order valence-electron chi connectivity index (χ3n) is 1.71. The van der Waals surface area contributed by atoms with Crippen molar-refractivity contribution in [2.75, 3.05) is 0 Å². The van der Waals surface area contributed by atoms with Crippen LogP contribution in [0.1, 0.15) is 11.1 Å². The van der Waals surface area contributed by atoms with Crippen LogP contribution in [0.4, 0.5) is 13.2 Å². The molecule has 0 bridgehead atoms. The summed E-state index contributed by atoms with van der Waals surface area (Å²) in [4.78, 5) is 3.81. The van der Waals surface area contributed by atoms with Crippen LogP contribution in [0.5, 0.6) is 5.75 Å². The Balaban J connectivity index is 3.14. The lowest BCUT2D eigenvalue weighted by Crippen LogP contribution is -2.18. The summed E-state index contributed by atoms with van der Waals surface area (Å²) in [5.41, 5.74) is 1.15. The second kappa shape index (κ2) is 4.86. The third-order valence-corrected chi connectivity index (χ3v) is 3.36. The van der Waals surface area contributed by atoms with Gasteiger partial charge in [0.2, 0.25) is 0 Å². The SMILES string of the molecule is Cc1c(I)ncc(OC(F)(F)F)c1CBr. The van der Waals surface area contributed by atoms with Gasteiger partial charge in [0.25, 0.3) is 0 Å². The van der Waals surface area contributed by atoms with Crippen molar-refractivity contribution in [3.05, 3.63) is 21.0 Å². The molecule has 0 aliphatic heterocycles. The van der Waals surface area contributed by atoms with E-state index in [4.69, 9.17) is 0 Å². The minimum atomic E-state index is -4.68. The van der Waals surface area contributed by atoms with Gasteiger partial charge >= 0.3 is 6.36 Å². The van der Waals surface area contributed by atoms with Crippen LogP contribution >= 0.6 is 38.5 Å². The molecule has 84 valence electrons. The zero-order chi connectivity index (χ0) is 11.6. The van der Waals surface area contributed by atoms with Crippen LogP contribution in [0.25, 0.3) is 0 Å². The van der Waals surface area contributed by atoms with Gasteiger partial charge in [-0.1, -0.05) is 15.9 Å². The van der Waals surface area contributed by atoms with E-state index in [9.17, 15) is 13.2 Å². The van der Waals surface area contributed by atoms with Gasteiger partial charge in [-0.25, -0.2) is 4.98 Å². The van der Waals surface area contributed by atoms with E-state index in [0.29, 0.717) is 20.2 Å². The van der Waals surface area contributed by atoms with Crippen LogP contribution < -0.4 is 4.74 Å². The van der Waals surface area contributed by atoms with Gasteiger partial charge < -0.3 is 4.74 Å². The molecule has 0 N–H and O–H groups in total. The summed E-state index contributed by atoms with van der Waals surface area (Å²) in [5.74, 6) is -0.253. The monoisotopic (exact) mass is 395 g/mol. The molecule has 0 saturated carbocycles. The third kappa shape index (κ3) is 3.47. The average Bonchev–Trinajstić information content (AvgIpc) is 2.10. The topological polar surface area (TPSA) is 22.1 Å². The van der Waals surface area contributed by atoms with Crippen LogP contribution in [0.3, 0.4) is 0 Å². The van der Waals surface area contributed by atoms with Crippen molar-refractivity contribution in [2.24, 2.45) is 0 Å². The van der Waals surface area contributed by atoms with Crippen molar-refractivity contribution in [3.8, 4) is 5.75 Å². The second-order valence-electron chi connectivity index (χ2n) is 2.70. The van der Waals surface area contributed by atoms with Gasteiger partial charge in [0.1, 0.15) is 3.70 Å². The van der Waals surface area contributed by atoms with Crippen LogP contribution in [0.2, 0.25) is 0 Å². The van der Waals surface area contributed by atoms with Gasteiger partial charge in [-0.2, -0.15) is 0 Å². The number of hydrogen-bond donors (Lipinski definition) is 0. The first-order chi connectivity index (χ1) is 6.85. The zero-order valence-electron chi connectivity index (χ0n) is 7.53. The molecule has 0 radical (unpaired) electrons. The fraction of sp³-hybridized carbons (Fsp3) is 0.375. The molecular weight excluding hydrogens is 390 g/mol. The molecule has 1 heterocycles. The van der Waals surface area contributed by atoms with Crippen molar-refractivity contribution in [1.29, 1.82) is 0 Å². The lowest BCUT2D eigenvalue weighted by Gasteiger charge is -2.13. The first-order valence-electron chi connectivity index (χ1n) is 3.81. The quantitative estimate of drug-likeness (QED) is 0.432. The van der Waals surface area contributed by atoms with E-state index in [1.807, 2.05) is 22.6 Å². The van der Waals surface area contributed by atoms with Crippen molar-refractivity contribution in [1.82, 2.24) is 4.98 Å². The summed E-state index contributed by atoms with van der Waals surface area (Å²) in [6, 6.07) is 0. The second-order valence-corrected chi connectivity index (χ2v) is 4.28. The number of aromatic nitrogens is 1. The molecule has 0 amide bonds. The molecule has 0 aromatic carbocycles. The molecule has 0 unspecified atom stereocenters.